The van der Waals surface area contributed by atoms with Gasteiger partial charge in [-0.3, -0.25) is 34.4 Å². The van der Waals surface area contributed by atoms with Crippen LogP contribution in [0, 0.1) is 11.3 Å². The summed E-state index contributed by atoms with van der Waals surface area (Å²) >= 11 is 12.7. The average molecular weight is 873 g/mol. The lowest BCUT2D eigenvalue weighted by Gasteiger charge is -2.34. The van der Waals surface area contributed by atoms with Crippen LogP contribution in [0.1, 0.15) is 66.4 Å². The van der Waals surface area contributed by atoms with Crippen molar-refractivity contribution in [3.8, 4) is 29.1 Å². The van der Waals surface area contributed by atoms with Crippen LogP contribution in [0.25, 0.3) is 10.9 Å². The molecule has 320 valence electrons. The summed E-state index contributed by atoms with van der Waals surface area (Å²) in [7, 11) is 3.07. The number of imide groups is 1. The molecule has 0 radical (unpaired) electrons. The smallest absolute Gasteiger partial charge is 0.255 e. The monoisotopic (exact) mass is 871 g/mol. The van der Waals surface area contributed by atoms with E-state index in [2.05, 4.69) is 26.6 Å². The van der Waals surface area contributed by atoms with Gasteiger partial charge in [0.2, 0.25) is 17.7 Å². The number of halogens is 2. The Morgan fingerprint density at radius 2 is 1.69 bits per heavy atom. The highest BCUT2D eigenvalue weighted by molar-refractivity contribution is 6.37. The molecule has 2 saturated heterocycles. The number of nitriles is 1. The molecule has 4 amide bonds. The second kappa shape index (κ2) is 19.7. The highest BCUT2D eigenvalue weighted by Gasteiger charge is 2.40. The quantitative estimate of drug-likeness (QED) is 0.0874. The summed E-state index contributed by atoms with van der Waals surface area (Å²) in [5.41, 5.74) is 3.19. The minimum atomic E-state index is -0.673. The molecule has 0 spiro atoms. The van der Waals surface area contributed by atoms with Crippen LogP contribution >= 0.6 is 23.2 Å². The number of amides is 4. The normalized spacial score (nSPS) is 16.6. The van der Waals surface area contributed by atoms with Crippen molar-refractivity contribution in [1.29, 1.82) is 5.26 Å². The Hall–Kier alpha value is -5.82. The van der Waals surface area contributed by atoms with Gasteiger partial charge < -0.3 is 34.1 Å². The fourth-order valence-corrected chi connectivity index (χ4v) is 8.39. The van der Waals surface area contributed by atoms with E-state index < -0.39 is 11.9 Å². The third-order valence-electron chi connectivity index (χ3n) is 11.2. The molecule has 1 atom stereocenters. The molecule has 2 N–H and O–H groups in total. The Morgan fingerprint density at radius 3 is 2.44 bits per heavy atom. The first-order valence-corrected chi connectivity index (χ1v) is 21.1. The number of hydrogen-bond donors (Lipinski definition) is 2. The van der Waals surface area contributed by atoms with Crippen LogP contribution in [-0.4, -0.2) is 110 Å². The van der Waals surface area contributed by atoms with Gasteiger partial charge in [0, 0.05) is 80.4 Å². The Morgan fingerprint density at radius 1 is 0.918 bits per heavy atom. The molecule has 4 aromatic rings. The van der Waals surface area contributed by atoms with Crippen LogP contribution in [-0.2, 0) is 20.9 Å². The number of anilines is 2. The molecule has 4 heterocycles. The zero-order valence-electron chi connectivity index (χ0n) is 34.1. The maximum atomic E-state index is 13.1. The first-order valence-electron chi connectivity index (χ1n) is 20.3. The Balaban J connectivity index is 0.816. The predicted octanol–water partition coefficient (Wildman–Crippen LogP) is 6.49. The number of nitrogens with zero attached hydrogens (tertiary/aromatic N) is 5. The second-order valence-corrected chi connectivity index (χ2v) is 15.9. The molecule has 0 bridgehead atoms. The van der Waals surface area contributed by atoms with Gasteiger partial charge in [-0.25, -0.2) is 0 Å². The minimum absolute atomic E-state index is 0.157. The van der Waals surface area contributed by atoms with Gasteiger partial charge in [-0.05, 0) is 56.4 Å². The van der Waals surface area contributed by atoms with E-state index in [9.17, 15) is 24.4 Å². The van der Waals surface area contributed by atoms with Crippen LogP contribution in [0.15, 0.2) is 48.7 Å². The Labute approximate surface area is 363 Å². The molecule has 0 saturated carbocycles. The topological polar surface area (TPSA) is 176 Å². The van der Waals surface area contributed by atoms with E-state index in [1.807, 2.05) is 11.0 Å². The highest BCUT2D eigenvalue weighted by Crippen LogP contribution is 2.41. The van der Waals surface area contributed by atoms with E-state index in [0.717, 1.165) is 50.9 Å². The molecular weight excluding hydrogens is 825 g/mol. The summed E-state index contributed by atoms with van der Waals surface area (Å²) in [6.45, 7) is 4.89. The molecule has 3 aliphatic heterocycles. The number of rotatable bonds is 17. The average Bonchev–Trinajstić information content (AvgIpc) is 3.60. The van der Waals surface area contributed by atoms with Crippen LogP contribution in [0.4, 0.5) is 11.4 Å². The van der Waals surface area contributed by atoms with Crippen molar-refractivity contribution in [2.75, 3.05) is 65.5 Å². The van der Waals surface area contributed by atoms with Crippen molar-refractivity contribution in [3.05, 3.63) is 75.4 Å². The molecule has 0 aliphatic carbocycles. The van der Waals surface area contributed by atoms with Crippen LogP contribution in [0.5, 0.6) is 23.0 Å². The summed E-state index contributed by atoms with van der Waals surface area (Å²) < 4.78 is 23.3. The summed E-state index contributed by atoms with van der Waals surface area (Å²) in [6.07, 6.45) is 5.59. The van der Waals surface area contributed by atoms with Crippen molar-refractivity contribution in [1.82, 2.24) is 25.0 Å². The lowest BCUT2D eigenvalue weighted by atomic mass is 10.0. The van der Waals surface area contributed by atoms with Crippen molar-refractivity contribution in [3.63, 3.8) is 0 Å². The number of ether oxygens (including phenoxy) is 4. The third-order valence-corrected chi connectivity index (χ3v) is 11.8. The molecular formula is C44H47Cl2N7O8. The van der Waals surface area contributed by atoms with E-state index in [4.69, 9.17) is 42.1 Å². The van der Waals surface area contributed by atoms with Gasteiger partial charge in [0.15, 0.2) is 11.5 Å². The van der Waals surface area contributed by atoms with Crippen molar-refractivity contribution in [2.45, 2.75) is 57.5 Å². The lowest BCUT2D eigenvalue weighted by molar-refractivity contribution is -0.137. The SMILES string of the molecule is COc1cc(Nc2c(C#N)cnc3cc(OCCCN4CCN(C(=O)CCCCCOc5cccc6c5CN(C5CCC(=O)NC5=O)C6=O)CC4)c(OC)cc23)c(Cl)cc1Cl. The number of aromatic nitrogens is 1. The van der Waals surface area contributed by atoms with Gasteiger partial charge in [0.05, 0.1) is 66.5 Å². The largest absolute Gasteiger partial charge is 0.495 e. The third kappa shape index (κ3) is 9.88. The molecule has 1 unspecified atom stereocenters. The zero-order chi connectivity index (χ0) is 43.0. The van der Waals surface area contributed by atoms with Gasteiger partial charge in [-0.2, -0.15) is 5.26 Å². The van der Waals surface area contributed by atoms with Gasteiger partial charge in [0.25, 0.3) is 5.91 Å². The van der Waals surface area contributed by atoms with Crippen molar-refractivity contribution < 1.29 is 38.1 Å². The molecule has 3 aromatic carbocycles. The first-order chi connectivity index (χ1) is 29.6. The number of benzene rings is 3. The van der Waals surface area contributed by atoms with E-state index >= 15 is 0 Å². The zero-order valence-corrected chi connectivity index (χ0v) is 35.6. The Bertz CT molecular complexity index is 2360. The molecule has 2 fully saturated rings. The van der Waals surface area contributed by atoms with Crippen molar-refractivity contribution in [2.24, 2.45) is 0 Å². The van der Waals surface area contributed by atoms with E-state index in [1.165, 1.54) is 18.2 Å². The number of piperazine rings is 1. The van der Waals surface area contributed by atoms with Gasteiger partial charge in [0.1, 0.15) is 23.6 Å². The molecule has 61 heavy (non-hydrogen) atoms. The van der Waals surface area contributed by atoms with Crippen LogP contribution in [0.2, 0.25) is 10.0 Å². The number of piperidine rings is 1. The molecule has 7 rings (SSSR count). The maximum absolute atomic E-state index is 13.1. The van der Waals surface area contributed by atoms with Gasteiger partial charge >= 0.3 is 0 Å². The minimum Gasteiger partial charge on any atom is -0.495 e. The standard InChI is InChI=1S/C44H47Cl2N7O8/c1-58-37-23-34(31(45)21-32(37)46)49-42-27(24-47)25-48-33-22-39(38(59-2)20-29(33)42)61-19-7-13-51-14-16-52(17-15-51)41(55)10-4-3-5-18-60-36-9-6-8-28-30(36)26-53(44(28)57)35-11-12-40(54)50-43(35)56/h6,8-9,20-23,25,35H,3-5,7,10-19,26H2,1-2H3,(H,48,49)(H,50,54,56). The van der Waals surface area contributed by atoms with E-state index in [-0.39, 0.29) is 30.7 Å². The fraction of sp³-hybridized carbons (Fsp3) is 0.409. The Kier molecular flexibility index (Phi) is 14.0. The van der Waals surface area contributed by atoms with Crippen LogP contribution in [0.3, 0.4) is 0 Å². The number of pyridine rings is 1. The number of methoxy groups -OCH3 is 2. The number of carbonyl (C=O) groups excluding carboxylic acids is 4. The van der Waals surface area contributed by atoms with Gasteiger partial charge in [-0.1, -0.05) is 29.3 Å². The molecule has 17 heteroatoms. The van der Waals surface area contributed by atoms with E-state index in [0.29, 0.717) is 106 Å². The summed E-state index contributed by atoms with van der Waals surface area (Å²) in [6, 6.07) is 13.7. The summed E-state index contributed by atoms with van der Waals surface area (Å²) in [5.74, 6) is 1.24. The first kappa shape index (κ1) is 43.3. The number of hydrogen-bond acceptors (Lipinski definition) is 12. The van der Waals surface area contributed by atoms with Crippen molar-refractivity contribution >= 4 is 69.1 Å². The number of unbranched alkanes of at least 4 members (excludes halogenated alkanes) is 2. The summed E-state index contributed by atoms with van der Waals surface area (Å²) in [4.78, 5) is 60.4. The maximum Gasteiger partial charge on any atom is 0.255 e. The van der Waals surface area contributed by atoms with Crippen LogP contribution < -0.4 is 29.6 Å². The second-order valence-electron chi connectivity index (χ2n) is 15.0. The van der Waals surface area contributed by atoms with Gasteiger partial charge in [-0.15, -0.1) is 0 Å². The molecule has 1 aromatic heterocycles. The van der Waals surface area contributed by atoms with E-state index in [1.54, 1.807) is 43.5 Å². The number of nitrogens with one attached hydrogen (secondary N) is 2. The predicted molar refractivity (Wildman–Crippen MR) is 229 cm³/mol. The number of carbonyl (C=O) groups is 4. The fourth-order valence-electron chi connectivity index (χ4n) is 7.89. The lowest BCUT2D eigenvalue weighted by Crippen LogP contribution is -2.52. The highest BCUT2D eigenvalue weighted by atomic mass is 35.5. The summed E-state index contributed by atoms with van der Waals surface area (Å²) in [5, 5.41) is 16.8. The molecule has 3 aliphatic rings. The molecule has 15 nitrogen and oxygen atoms in total. The number of fused-ring (bicyclic) bond motifs is 2.